The second-order valence-corrected chi connectivity index (χ2v) is 10.3. The van der Waals surface area contributed by atoms with Crippen LogP contribution >= 0.6 is 0 Å². The van der Waals surface area contributed by atoms with E-state index in [0.29, 0.717) is 48.6 Å². The van der Waals surface area contributed by atoms with Crippen molar-refractivity contribution in [3.63, 3.8) is 0 Å². The maximum atomic E-state index is 13.4. The van der Waals surface area contributed by atoms with Crippen molar-refractivity contribution in [2.45, 2.75) is 25.3 Å². The van der Waals surface area contributed by atoms with Crippen molar-refractivity contribution in [1.29, 1.82) is 0 Å². The highest BCUT2D eigenvalue weighted by atomic mass is 16.5. The van der Waals surface area contributed by atoms with Gasteiger partial charge in [-0.15, -0.1) is 0 Å². The highest BCUT2D eigenvalue weighted by Gasteiger charge is 2.52. The predicted octanol–water partition coefficient (Wildman–Crippen LogP) is 1.97. The van der Waals surface area contributed by atoms with Crippen molar-refractivity contribution < 1.29 is 28.3 Å². The predicted molar refractivity (Wildman–Crippen MR) is 149 cm³/mol. The SMILES string of the molecule is COc1ccc(C)c(C(=O)N(C)C[C@@]2(c3cc4c(o3)/C=C(C(=O)NCCN(C)C)\C=C/CC4)NC(=O)NC2=O)c1. The molecule has 0 radical (unpaired) electrons. The number of fused-ring (bicyclic) bond motifs is 1. The van der Waals surface area contributed by atoms with E-state index in [1.54, 1.807) is 43.5 Å². The first kappa shape index (κ1) is 28.6. The molecule has 0 bridgehead atoms. The number of imide groups is 1. The summed E-state index contributed by atoms with van der Waals surface area (Å²) in [5, 5.41) is 7.87. The van der Waals surface area contributed by atoms with Gasteiger partial charge in [-0.1, -0.05) is 18.2 Å². The zero-order valence-electron chi connectivity index (χ0n) is 23.4. The third-order valence-corrected chi connectivity index (χ3v) is 6.97. The van der Waals surface area contributed by atoms with Crippen molar-refractivity contribution >= 4 is 29.8 Å². The first-order valence-electron chi connectivity index (χ1n) is 13.0. The summed E-state index contributed by atoms with van der Waals surface area (Å²) in [6.07, 6.45) is 6.54. The lowest BCUT2D eigenvalue weighted by atomic mass is 9.94. The van der Waals surface area contributed by atoms with Crippen LogP contribution in [0.5, 0.6) is 5.75 Å². The van der Waals surface area contributed by atoms with Crippen LogP contribution in [0.2, 0.25) is 0 Å². The van der Waals surface area contributed by atoms with Gasteiger partial charge in [0.05, 0.1) is 13.7 Å². The molecular formula is C29H35N5O6. The van der Waals surface area contributed by atoms with Gasteiger partial charge in [-0.2, -0.15) is 0 Å². The van der Waals surface area contributed by atoms with Gasteiger partial charge in [0.2, 0.25) is 0 Å². The van der Waals surface area contributed by atoms with Gasteiger partial charge in [0.25, 0.3) is 17.7 Å². The van der Waals surface area contributed by atoms with Gasteiger partial charge in [-0.25, -0.2) is 4.79 Å². The van der Waals surface area contributed by atoms with Crippen molar-refractivity contribution in [3.05, 3.63) is 70.2 Å². The number of methoxy groups -OCH3 is 1. The molecule has 1 saturated heterocycles. The number of hydrogen-bond acceptors (Lipinski definition) is 7. The summed E-state index contributed by atoms with van der Waals surface area (Å²) in [6.45, 7) is 2.79. The largest absolute Gasteiger partial charge is 0.497 e. The van der Waals surface area contributed by atoms with Gasteiger partial charge in [0.1, 0.15) is 17.3 Å². The zero-order valence-corrected chi connectivity index (χ0v) is 23.4. The van der Waals surface area contributed by atoms with Crippen LogP contribution in [-0.2, 0) is 21.5 Å². The number of amides is 5. The van der Waals surface area contributed by atoms with E-state index in [0.717, 1.165) is 11.1 Å². The number of aryl methyl sites for hydroxylation is 2. The van der Waals surface area contributed by atoms with Crippen LogP contribution in [0.4, 0.5) is 4.79 Å². The van der Waals surface area contributed by atoms with Gasteiger partial charge in [-0.05, 0) is 69.3 Å². The molecule has 0 spiro atoms. The fourth-order valence-electron chi connectivity index (χ4n) is 4.69. The van der Waals surface area contributed by atoms with Crippen molar-refractivity contribution in [1.82, 2.24) is 25.8 Å². The molecule has 212 valence electrons. The van der Waals surface area contributed by atoms with Gasteiger partial charge < -0.3 is 29.6 Å². The van der Waals surface area contributed by atoms with Crippen LogP contribution in [0.3, 0.4) is 0 Å². The van der Waals surface area contributed by atoms with Gasteiger partial charge >= 0.3 is 6.03 Å². The Morgan fingerprint density at radius 1 is 1.18 bits per heavy atom. The quantitative estimate of drug-likeness (QED) is 0.407. The lowest BCUT2D eigenvalue weighted by Crippen LogP contribution is -2.52. The maximum Gasteiger partial charge on any atom is 0.322 e. The Morgan fingerprint density at radius 2 is 1.95 bits per heavy atom. The summed E-state index contributed by atoms with van der Waals surface area (Å²) in [5.41, 5.74) is 0.679. The van der Waals surface area contributed by atoms with Crippen LogP contribution in [-0.4, -0.2) is 81.4 Å². The summed E-state index contributed by atoms with van der Waals surface area (Å²) in [4.78, 5) is 55.2. The summed E-state index contributed by atoms with van der Waals surface area (Å²) in [5.74, 6) is -0.113. The average molecular weight is 550 g/mol. The Morgan fingerprint density at radius 3 is 2.62 bits per heavy atom. The average Bonchev–Trinajstić information content (AvgIpc) is 3.42. The second-order valence-electron chi connectivity index (χ2n) is 10.3. The molecule has 0 unspecified atom stereocenters. The molecule has 3 N–H and O–H groups in total. The van der Waals surface area contributed by atoms with E-state index in [9.17, 15) is 19.2 Å². The Kier molecular flexibility index (Phi) is 8.43. The molecule has 11 heteroatoms. The zero-order chi connectivity index (χ0) is 29.0. The van der Waals surface area contributed by atoms with E-state index in [-0.39, 0.29) is 24.1 Å². The van der Waals surface area contributed by atoms with Gasteiger partial charge in [0.15, 0.2) is 5.54 Å². The smallest absolute Gasteiger partial charge is 0.322 e. The molecule has 1 aromatic heterocycles. The van der Waals surface area contributed by atoms with Crippen molar-refractivity contribution in [2.75, 3.05) is 47.9 Å². The molecule has 11 nitrogen and oxygen atoms in total. The lowest BCUT2D eigenvalue weighted by Gasteiger charge is -2.29. The number of allylic oxidation sites excluding steroid dienone is 1. The molecular weight excluding hydrogens is 514 g/mol. The molecule has 5 amide bonds. The lowest BCUT2D eigenvalue weighted by molar-refractivity contribution is -0.125. The summed E-state index contributed by atoms with van der Waals surface area (Å²) < 4.78 is 11.5. The van der Waals surface area contributed by atoms with Crippen molar-refractivity contribution in [3.8, 4) is 5.75 Å². The van der Waals surface area contributed by atoms with E-state index in [2.05, 4.69) is 16.0 Å². The Balaban J connectivity index is 1.66. The number of nitrogens with one attached hydrogen (secondary N) is 3. The van der Waals surface area contributed by atoms with E-state index >= 15 is 0 Å². The fourth-order valence-corrected chi connectivity index (χ4v) is 4.69. The molecule has 1 atom stereocenters. The van der Waals surface area contributed by atoms with Crippen LogP contribution in [0.25, 0.3) is 6.08 Å². The number of carbonyl (C=O) groups is 4. The van der Waals surface area contributed by atoms with Crippen LogP contribution < -0.4 is 20.7 Å². The van der Waals surface area contributed by atoms with Gasteiger partial charge in [-0.3, -0.25) is 19.7 Å². The number of furan rings is 1. The first-order chi connectivity index (χ1) is 19.0. The normalized spacial score (nSPS) is 20.4. The molecule has 0 saturated carbocycles. The fraction of sp³-hybridized carbons (Fsp3) is 0.379. The molecule has 40 heavy (non-hydrogen) atoms. The number of ether oxygens (including phenoxy) is 1. The number of benzene rings is 1. The molecule has 1 fully saturated rings. The molecule has 1 aliphatic heterocycles. The molecule has 1 aromatic carbocycles. The minimum atomic E-state index is -1.66. The Hall–Kier alpha value is -4.38. The number of carbonyl (C=O) groups excluding carboxylic acids is 4. The van der Waals surface area contributed by atoms with E-state index in [4.69, 9.17) is 9.15 Å². The minimum absolute atomic E-state index is 0.174. The summed E-state index contributed by atoms with van der Waals surface area (Å²) in [6, 6.07) is 6.20. The molecule has 1 aliphatic carbocycles. The Labute approximate surface area is 233 Å². The molecule has 2 heterocycles. The summed E-state index contributed by atoms with van der Waals surface area (Å²) in [7, 11) is 6.92. The highest BCUT2D eigenvalue weighted by Crippen LogP contribution is 2.33. The number of rotatable bonds is 9. The van der Waals surface area contributed by atoms with Crippen LogP contribution in [0, 0.1) is 6.92 Å². The standard InChI is InChI=1S/C29H35N5O6/c1-18-10-11-21(39-5)16-22(18)26(36)34(4)17-29(27(37)31-28(38)32-29)24-15-19-8-6-7-9-20(14-23(19)40-24)25(35)30-12-13-33(2)3/h7,9-11,14-16H,6,8,12-13,17H2,1-5H3,(H,30,35)(H2,31,32,37,38)/b9-7-,20-14+/t29-/m0/s1. The topological polar surface area (TPSA) is 133 Å². The third-order valence-electron chi connectivity index (χ3n) is 6.97. The number of urea groups is 1. The third kappa shape index (κ3) is 5.94. The summed E-state index contributed by atoms with van der Waals surface area (Å²) >= 11 is 0. The molecule has 2 aliphatic rings. The molecule has 4 rings (SSSR count). The number of nitrogens with zero attached hydrogens (tertiary/aromatic N) is 2. The monoisotopic (exact) mass is 549 g/mol. The molecule has 2 aromatic rings. The van der Waals surface area contributed by atoms with E-state index < -0.39 is 17.5 Å². The van der Waals surface area contributed by atoms with Crippen LogP contribution in [0.1, 0.15) is 39.4 Å². The minimum Gasteiger partial charge on any atom is -0.497 e. The maximum absolute atomic E-state index is 13.4. The Bertz CT molecular complexity index is 1390. The first-order valence-corrected chi connectivity index (χ1v) is 13.0. The highest BCUT2D eigenvalue weighted by molar-refractivity contribution is 6.08. The van der Waals surface area contributed by atoms with Crippen LogP contribution in [0.15, 0.2) is 46.4 Å². The van der Waals surface area contributed by atoms with Crippen molar-refractivity contribution in [2.24, 2.45) is 0 Å². The second kappa shape index (κ2) is 11.8. The van der Waals surface area contributed by atoms with Gasteiger partial charge in [0, 0.05) is 31.3 Å². The van der Waals surface area contributed by atoms with E-state index in [1.165, 1.54) is 12.0 Å². The number of hydrogen-bond donors (Lipinski definition) is 3. The van der Waals surface area contributed by atoms with E-state index in [1.807, 2.05) is 32.0 Å². The number of likely N-dealkylation sites (N-methyl/N-ethyl adjacent to an activating group) is 2.